The van der Waals surface area contributed by atoms with Crippen LogP contribution in [0.25, 0.3) is 0 Å². The molecule has 1 saturated carbocycles. The van der Waals surface area contributed by atoms with Crippen molar-refractivity contribution in [2.45, 2.75) is 24.7 Å². The highest BCUT2D eigenvalue weighted by Crippen LogP contribution is 2.47. The summed E-state index contributed by atoms with van der Waals surface area (Å²) >= 11 is 1.77. The average molecular weight is 331 g/mol. The molecule has 0 unspecified atom stereocenters. The van der Waals surface area contributed by atoms with Crippen molar-refractivity contribution in [1.82, 2.24) is 10.6 Å². The summed E-state index contributed by atoms with van der Waals surface area (Å²) in [7, 11) is 1.78. The fourth-order valence-electron chi connectivity index (χ4n) is 2.77. The highest BCUT2D eigenvalue weighted by atomic mass is 32.1. The van der Waals surface area contributed by atoms with Crippen LogP contribution in [0.5, 0.6) is 0 Å². The highest BCUT2D eigenvalue weighted by molar-refractivity contribution is 7.09. The minimum atomic E-state index is -0.160. The maximum absolute atomic E-state index is 13.4. The first kappa shape index (κ1) is 16.0. The smallest absolute Gasteiger partial charge is 0.191 e. The van der Waals surface area contributed by atoms with Crippen LogP contribution in [0, 0.1) is 5.82 Å². The molecular formula is C18H22FN3S. The summed E-state index contributed by atoms with van der Waals surface area (Å²) in [5.41, 5.74) is 1.15. The van der Waals surface area contributed by atoms with Gasteiger partial charge in [-0.3, -0.25) is 4.99 Å². The molecule has 122 valence electrons. The van der Waals surface area contributed by atoms with Crippen LogP contribution in [-0.4, -0.2) is 26.1 Å². The number of rotatable bonds is 6. The van der Waals surface area contributed by atoms with Gasteiger partial charge in [-0.2, -0.15) is 0 Å². The quantitative estimate of drug-likeness (QED) is 0.629. The van der Waals surface area contributed by atoms with Gasteiger partial charge < -0.3 is 10.6 Å². The van der Waals surface area contributed by atoms with E-state index in [1.165, 1.54) is 10.9 Å². The molecule has 0 spiro atoms. The average Bonchev–Trinajstić information content (AvgIpc) is 3.18. The summed E-state index contributed by atoms with van der Waals surface area (Å²) in [5, 5.41) is 8.83. The lowest BCUT2D eigenvalue weighted by atomic mass is 9.96. The molecule has 1 heterocycles. The summed E-state index contributed by atoms with van der Waals surface area (Å²) in [6, 6.07) is 11.2. The van der Waals surface area contributed by atoms with Crippen LogP contribution in [0.1, 0.15) is 23.3 Å². The van der Waals surface area contributed by atoms with Gasteiger partial charge in [0, 0.05) is 30.4 Å². The minimum Gasteiger partial charge on any atom is -0.356 e. The zero-order valence-corrected chi connectivity index (χ0v) is 14.1. The van der Waals surface area contributed by atoms with E-state index in [0.717, 1.165) is 43.9 Å². The lowest BCUT2D eigenvalue weighted by Crippen LogP contribution is -2.41. The zero-order chi connectivity index (χ0) is 16.1. The third-order valence-electron chi connectivity index (χ3n) is 4.35. The molecule has 2 N–H and O–H groups in total. The van der Waals surface area contributed by atoms with E-state index in [1.807, 2.05) is 6.07 Å². The van der Waals surface area contributed by atoms with Gasteiger partial charge in [0.05, 0.1) is 0 Å². The van der Waals surface area contributed by atoms with Gasteiger partial charge in [-0.1, -0.05) is 18.2 Å². The monoisotopic (exact) mass is 331 g/mol. The zero-order valence-electron chi connectivity index (χ0n) is 13.3. The van der Waals surface area contributed by atoms with Crippen molar-refractivity contribution in [2.75, 3.05) is 20.1 Å². The van der Waals surface area contributed by atoms with Gasteiger partial charge in [0.15, 0.2) is 5.96 Å². The van der Waals surface area contributed by atoms with Crippen LogP contribution in [0.3, 0.4) is 0 Å². The Hall–Kier alpha value is -1.88. The second-order valence-electron chi connectivity index (χ2n) is 5.97. The standard InChI is InChI=1S/C18H22FN3S/c1-20-17(21-10-7-16-6-3-11-23-16)22-13-18(8-9-18)14-4-2-5-15(19)12-14/h2-6,11-12H,7-10,13H2,1H3,(H2,20,21,22). The van der Waals surface area contributed by atoms with Gasteiger partial charge in [0.2, 0.25) is 0 Å². The Balaban J connectivity index is 1.50. The van der Waals surface area contributed by atoms with E-state index in [0.29, 0.717) is 0 Å². The summed E-state index contributed by atoms with van der Waals surface area (Å²) in [6.45, 7) is 1.64. The van der Waals surface area contributed by atoms with Crippen molar-refractivity contribution >= 4 is 17.3 Å². The van der Waals surface area contributed by atoms with Crippen LogP contribution in [0.4, 0.5) is 4.39 Å². The first-order valence-corrected chi connectivity index (χ1v) is 8.83. The van der Waals surface area contributed by atoms with Crippen LogP contribution in [-0.2, 0) is 11.8 Å². The van der Waals surface area contributed by atoms with E-state index < -0.39 is 0 Å². The summed E-state index contributed by atoms with van der Waals surface area (Å²) in [5.74, 6) is 0.650. The van der Waals surface area contributed by atoms with E-state index in [9.17, 15) is 4.39 Å². The van der Waals surface area contributed by atoms with E-state index in [1.54, 1.807) is 30.5 Å². The normalized spacial score (nSPS) is 16.2. The Labute approximate surface area is 140 Å². The fourth-order valence-corrected chi connectivity index (χ4v) is 3.48. The number of guanidine groups is 1. The van der Waals surface area contributed by atoms with Crippen LogP contribution >= 0.6 is 11.3 Å². The Kier molecular flexibility index (Phi) is 4.96. The van der Waals surface area contributed by atoms with Gasteiger partial charge >= 0.3 is 0 Å². The molecule has 0 amide bonds. The maximum atomic E-state index is 13.4. The molecule has 5 heteroatoms. The highest BCUT2D eigenvalue weighted by Gasteiger charge is 2.44. The predicted octanol–water partition coefficient (Wildman–Crippen LogP) is 3.33. The van der Waals surface area contributed by atoms with Crippen molar-refractivity contribution in [3.05, 3.63) is 58.0 Å². The largest absolute Gasteiger partial charge is 0.356 e. The topological polar surface area (TPSA) is 36.4 Å². The Morgan fingerprint density at radius 2 is 2.13 bits per heavy atom. The molecule has 0 atom stereocenters. The van der Waals surface area contributed by atoms with E-state index in [4.69, 9.17) is 0 Å². The third kappa shape index (κ3) is 4.10. The van der Waals surface area contributed by atoms with Gasteiger partial charge in [0.1, 0.15) is 5.82 Å². The first-order chi connectivity index (χ1) is 11.2. The van der Waals surface area contributed by atoms with Gasteiger partial charge in [-0.15, -0.1) is 11.3 Å². The molecule has 0 saturated heterocycles. The Bertz CT molecular complexity index is 663. The van der Waals surface area contributed by atoms with Gasteiger partial charge in [-0.25, -0.2) is 4.39 Å². The molecule has 2 aromatic rings. The molecule has 1 aromatic heterocycles. The van der Waals surface area contributed by atoms with E-state index >= 15 is 0 Å². The van der Waals surface area contributed by atoms with Crippen molar-refractivity contribution < 1.29 is 4.39 Å². The number of nitrogens with zero attached hydrogens (tertiary/aromatic N) is 1. The fraction of sp³-hybridized carbons (Fsp3) is 0.389. The SMILES string of the molecule is CN=C(NCCc1cccs1)NCC1(c2cccc(F)c2)CC1. The number of hydrogen-bond donors (Lipinski definition) is 2. The van der Waals surface area contributed by atoms with Crippen LogP contribution in [0.15, 0.2) is 46.8 Å². The van der Waals surface area contributed by atoms with Crippen molar-refractivity contribution in [3.8, 4) is 0 Å². The van der Waals surface area contributed by atoms with Crippen molar-refractivity contribution in [2.24, 2.45) is 4.99 Å². The summed E-state index contributed by atoms with van der Waals surface area (Å²) < 4.78 is 13.4. The Morgan fingerprint density at radius 1 is 1.26 bits per heavy atom. The molecule has 0 aliphatic heterocycles. The molecule has 23 heavy (non-hydrogen) atoms. The predicted molar refractivity (Wildman–Crippen MR) is 94.7 cm³/mol. The molecule has 1 fully saturated rings. The maximum Gasteiger partial charge on any atom is 0.191 e. The van der Waals surface area contributed by atoms with Crippen LogP contribution in [0.2, 0.25) is 0 Å². The molecule has 1 aliphatic rings. The van der Waals surface area contributed by atoms with Crippen LogP contribution < -0.4 is 10.6 Å². The number of thiophene rings is 1. The summed E-state index contributed by atoms with van der Waals surface area (Å²) in [4.78, 5) is 5.64. The second-order valence-corrected chi connectivity index (χ2v) is 7.00. The van der Waals surface area contributed by atoms with Gasteiger partial charge in [-0.05, 0) is 48.4 Å². The van der Waals surface area contributed by atoms with E-state index in [2.05, 4.69) is 33.1 Å². The molecule has 1 aliphatic carbocycles. The van der Waals surface area contributed by atoms with E-state index in [-0.39, 0.29) is 11.2 Å². The van der Waals surface area contributed by atoms with Crippen molar-refractivity contribution in [3.63, 3.8) is 0 Å². The minimum absolute atomic E-state index is 0.0630. The number of benzene rings is 1. The number of nitrogens with one attached hydrogen (secondary N) is 2. The van der Waals surface area contributed by atoms with Crippen molar-refractivity contribution in [1.29, 1.82) is 0 Å². The number of hydrogen-bond acceptors (Lipinski definition) is 2. The lowest BCUT2D eigenvalue weighted by Gasteiger charge is -2.19. The Morgan fingerprint density at radius 3 is 2.78 bits per heavy atom. The summed E-state index contributed by atoms with van der Waals surface area (Å²) in [6.07, 6.45) is 3.18. The molecule has 3 rings (SSSR count). The third-order valence-corrected chi connectivity index (χ3v) is 5.29. The second kappa shape index (κ2) is 7.13. The number of halogens is 1. The molecule has 1 aromatic carbocycles. The first-order valence-electron chi connectivity index (χ1n) is 7.95. The number of aliphatic imine (C=N–C) groups is 1. The lowest BCUT2D eigenvalue weighted by molar-refractivity contribution is 0.607. The van der Waals surface area contributed by atoms with Gasteiger partial charge in [0.25, 0.3) is 0 Å². The molecule has 3 nitrogen and oxygen atoms in total. The molecule has 0 bridgehead atoms. The molecule has 0 radical (unpaired) electrons. The molecular weight excluding hydrogens is 309 g/mol.